The van der Waals surface area contributed by atoms with Gasteiger partial charge in [-0.25, -0.2) is 0 Å². The van der Waals surface area contributed by atoms with E-state index in [9.17, 15) is 4.79 Å². The molecule has 8 heteroatoms. The number of nitrogens with one attached hydrogen (secondary N) is 1. The molecule has 0 saturated heterocycles. The largest absolute Gasteiger partial charge is 0.497 e. The van der Waals surface area contributed by atoms with Crippen molar-refractivity contribution < 1.29 is 9.53 Å². The maximum atomic E-state index is 12.0. The number of hydrogen-bond donors (Lipinski definition) is 1. The second kappa shape index (κ2) is 6.65. The molecule has 0 fully saturated rings. The fourth-order valence-corrected chi connectivity index (χ4v) is 1.89. The van der Waals surface area contributed by atoms with Gasteiger partial charge in [0, 0.05) is 18.9 Å². The van der Waals surface area contributed by atoms with Crippen LogP contribution in [0.4, 0.5) is 0 Å². The third-order valence-electron chi connectivity index (χ3n) is 3.12. The predicted molar refractivity (Wildman–Crippen MR) is 81.1 cm³/mol. The van der Waals surface area contributed by atoms with Gasteiger partial charge in [0.05, 0.1) is 12.8 Å². The van der Waals surface area contributed by atoms with Crippen LogP contribution in [-0.4, -0.2) is 38.2 Å². The summed E-state index contributed by atoms with van der Waals surface area (Å²) in [6.07, 6.45) is 3.33. The number of amides is 1. The van der Waals surface area contributed by atoms with E-state index in [1.165, 1.54) is 4.80 Å². The van der Waals surface area contributed by atoms with Gasteiger partial charge in [-0.15, -0.1) is 15.0 Å². The molecule has 0 spiro atoms. The van der Waals surface area contributed by atoms with Crippen molar-refractivity contribution in [2.45, 2.75) is 6.54 Å². The molecule has 0 bridgehead atoms. The first-order valence-electron chi connectivity index (χ1n) is 6.88. The van der Waals surface area contributed by atoms with Crippen LogP contribution in [-0.2, 0) is 6.54 Å². The van der Waals surface area contributed by atoms with Crippen LogP contribution in [0.25, 0.3) is 5.69 Å². The Morgan fingerprint density at radius 2 is 1.91 bits per heavy atom. The van der Waals surface area contributed by atoms with E-state index in [1.54, 1.807) is 43.8 Å². The van der Waals surface area contributed by atoms with Gasteiger partial charge >= 0.3 is 0 Å². The van der Waals surface area contributed by atoms with Crippen LogP contribution in [0.5, 0.6) is 5.75 Å². The molecule has 1 N–H and O–H groups in total. The van der Waals surface area contributed by atoms with Gasteiger partial charge in [-0.05, 0) is 47.2 Å². The minimum Gasteiger partial charge on any atom is -0.497 e. The summed E-state index contributed by atoms with van der Waals surface area (Å²) in [5.74, 6) is 0.348. The quantitative estimate of drug-likeness (QED) is 0.755. The van der Waals surface area contributed by atoms with Crippen molar-refractivity contribution >= 4 is 5.91 Å². The molecule has 0 aliphatic heterocycles. The molecular weight excluding hydrogens is 296 g/mol. The molecule has 3 rings (SSSR count). The molecule has 0 saturated carbocycles. The first-order valence-corrected chi connectivity index (χ1v) is 6.88. The van der Waals surface area contributed by atoms with Gasteiger partial charge in [0.15, 0.2) is 0 Å². The van der Waals surface area contributed by atoms with E-state index in [0.29, 0.717) is 12.2 Å². The molecule has 0 radical (unpaired) electrons. The third-order valence-corrected chi connectivity index (χ3v) is 3.12. The number of aromatic nitrogens is 5. The summed E-state index contributed by atoms with van der Waals surface area (Å²) in [7, 11) is 1.59. The van der Waals surface area contributed by atoms with E-state index < -0.39 is 0 Å². The Morgan fingerprint density at radius 3 is 2.61 bits per heavy atom. The lowest BCUT2D eigenvalue weighted by atomic mass is 10.3. The van der Waals surface area contributed by atoms with Crippen molar-refractivity contribution in [2.24, 2.45) is 0 Å². The fraction of sp³-hybridized carbons (Fsp3) is 0.133. The van der Waals surface area contributed by atoms with E-state index in [4.69, 9.17) is 4.74 Å². The lowest BCUT2D eigenvalue weighted by Gasteiger charge is -2.02. The maximum absolute atomic E-state index is 12.0. The van der Waals surface area contributed by atoms with E-state index >= 15 is 0 Å². The first-order chi connectivity index (χ1) is 11.3. The zero-order valence-corrected chi connectivity index (χ0v) is 12.4. The molecule has 0 atom stereocenters. The number of benzene rings is 1. The Bertz CT molecular complexity index is 785. The molecule has 3 aromatic rings. The molecule has 2 heterocycles. The standard InChI is InChI=1S/C15H14N6O2/c1-23-13-4-2-12(3-5-13)21-19-14(18-20-21)15(22)17-10-11-6-8-16-9-7-11/h2-9H,10H2,1H3,(H,17,22). The van der Waals surface area contributed by atoms with Gasteiger partial charge in [0.25, 0.3) is 11.7 Å². The molecule has 23 heavy (non-hydrogen) atoms. The molecule has 0 unspecified atom stereocenters. The second-order valence-corrected chi connectivity index (χ2v) is 4.64. The van der Waals surface area contributed by atoms with Crippen molar-refractivity contribution in [1.82, 2.24) is 30.5 Å². The highest BCUT2D eigenvalue weighted by atomic mass is 16.5. The molecule has 8 nitrogen and oxygen atoms in total. The van der Waals surface area contributed by atoms with Crippen LogP contribution in [0.1, 0.15) is 16.2 Å². The van der Waals surface area contributed by atoms with Crippen LogP contribution in [0, 0.1) is 0 Å². The predicted octanol–water partition coefficient (Wildman–Crippen LogP) is 0.996. The zero-order valence-electron chi connectivity index (χ0n) is 12.4. The third kappa shape index (κ3) is 3.49. The average molecular weight is 310 g/mol. The first kappa shape index (κ1) is 14.6. The second-order valence-electron chi connectivity index (χ2n) is 4.64. The molecule has 2 aromatic heterocycles. The Labute approximate surface area is 132 Å². The Balaban J connectivity index is 1.67. The Kier molecular flexibility index (Phi) is 4.23. The van der Waals surface area contributed by atoms with Gasteiger partial charge in [0.1, 0.15) is 5.75 Å². The van der Waals surface area contributed by atoms with Crippen molar-refractivity contribution in [3.8, 4) is 11.4 Å². The average Bonchev–Trinajstić information content (AvgIpc) is 3.11. The number of carbonyl (C=O) groups is 1. The van der Waals surface area contributed by atoms with E-state index in [-0.39, 0.29) is 11.7 Å². The lowest BCUT2D eigenvalue weighted by molar-refractivity contribution is 0.0940. The summed E-state index contributed by atoms with van der Waals surface area (Å²) < 4.78 is 5.09. The molecular formula is C15H14N6O2. The molecule has 0 aliphatic carbocycles. The van der Waals surface area contributed by atoms with Crippen molar-refractivity contribution in [1.29, 1.82) is 0 Å². The van der Waals surface area contributed by atoms with Crippen LogP contribution in [0.2, 0.25) is 0 Å². The van der Waals surface area contributed by atoms with Gasteiger partial charge < -0.3 is 10.1 Å². The topological polar surface area (TPSA) is 94.8 Å². The highest BCUT2D eigenvalue weighted by Crippen LogP contribution is 2.13. The van der Waals surface area contributed by atoms with Crippen LogP contribution in [0.15, 0.2) is 48.8 Å². The van der Waals surface area contributed by atoms with Crippen LogP contribution >= 0.6 is 0 Å². The fourth-order valence-electron chi connectivity index (χ4n) is 1.89. The van der Waals surface area contributed by atoms with Gasteiger partial charge in [-0.2, -0.15) is 0 Å². The summed E-state index contributed by atoms with van der Waals surface area (Å²) in [4.78, 5) is 17.3. The number of ether oxygens (including phenoxy) is 1. The van der Waals surface area contributed by atoms with Crippen molar-refractivity contribution in [3.05, 3.63) is 60.2 Å². The summed E-state index contributed by atoms with van der Waals surface area (Å²) in [6, 6.07) is 10.8. The highest BCUT2D eigenvalue weighted by Gasteiger charge is 2.13. The SMILES string of the molecule is COc1ccc(-n2nnc(C(=O)NCc3ccncc3)n2)cc1. The number of carbonyl (C=O) groups excluding carboxylic acids is 1. The zero-order chi connectivity index (χ0) is 16.1. The van der Waals surface area contributed by atoms with Crippen LogP contribution < -0.4 is 10.1 Å². The minimum absolute atomic E-state index is 0.00914. The Morgan fingerprint density at radius 1 is 1.17 bits per heavy atom. The van der Waals surface area contributed by atoms with E-state index in [1.807, 2.05) is 12.1 Å². The van der Waals surface area contributed by atoms with Gasteiger partial charge in [0.2, 0.25) is 0 Å². The summed E-state index contributed by atoms with van der Waals surface area (Å²) in [5.41, 5.74) is 1.63. The normalized spacial score (nSPS) is 10.3. The summed E-state index contributed by atoms with van der Waals surface area (Å²) >= 11 is 0. The maximum Gasteiger partial charge on any atom is 0.293 e. The smallest absolute Gasteiger partial charge is 0.293 e. The number of methoxy groups -OCH3 is 1. The van der Waals surface area contributed by atoms with E-state index in [0.717, 1.165) is 11.3 Å². The summed E-state index contributed by atoms with van der Waals surface area (Å²) in [6.45, 7) is 0.373. The highest BCUT2D eigenvalue weighted by molar-refractivity contribution is 5.90. The minimum atomic E-state index is -0.387. The number of pyridine rings is 1. The number of tetrazole rings is 1. The van der Waals surface area contributed by atoms with Gasteiger partial charge in [-0.1, -0.05) is 0 Å². The lowest BCUT2D eigenvalue weighted by Crippen LogP contribution is -2.24. The van der Waals surface area contributed by atoms with Crippen molar-refractivity contribution in [3.63, 3.8) is 0 Å². The number of hydrogen-bond acceptors (Lipinski definition) is 6. The molecule has 1 aromatic carbocycles. The molecule has 0 aliphatic rings. The van der Waals surface area contributed by atoms with Crippen molar-refractivity contribution in [2.75, 3.05) is 7.11 Å². The Hall–Kier alpha value is -3.29. The van der Waals surface area contributed by atoms with Crippen LogP contribution in [0.3, 0.4) is 0 Å². The monoisotopic (exact) mass is 310 g/mol. The van der Waals surface area contributed by atoms with Gasteiger partial charge in [-0.3, -0.25) is 9.78 Å². The number of rotatable bonds is 5. The number of nitrogens with zero attached hydrogens (tertiary/aromatic N) is 5. The summed E-state index contributed by atoms with van der Waals surface area (Å²) in [5, 5.41) is 14.5. The molecule has 1 amide bonds. The molecule has 116 valence electrons. The van der Waals surface area contributed by atoms with E-state index in [2.05, 4.69) is 25.7 Å².